The van der Waals surface area contributed by atoms with Crippen LogP contribution in [-0.2, 0) is 17.9 Å². The first-order valence-electron chi connectivity index (χ1n) is 10.2. The second-order valence-electron chi connectivity index (χ2n) is 6.94. The fourth-order valence-corrected chi connectivity index (χ4v) is 3.28. The van der Waals surface area contributed by atoms with Crippen molar-refractivity contribution in [1.82, 2.24) is 20.0 Å². The van der Waals surface area contributed by atoms with E-state index in [9.17, 15) is 4.79 Å². The zero-order chi connectivity index (χ0) is 19.6. The summed E-state index contributed by atoms with van der Waals surface area (Å²) in [7, 11) is 0. The highest BCUT2D eigenvalue weighted by Gasteiger charge is 2.20. The molecule has 6 nitrogen and oxygen atoms in total. The normalized spacial score (nSPS) is 15.4. The Kier molecular flexibility index (Phi) is 8.58. The average molecular weight is 374 g/mol. The van der Waals surface area contributed by atoms with Crippen LogP contribution in [0.1, 0.15) is 38.8 Å². The number of aliphatic imine (C=N–C) groups is 1. The number of nitrogens with one attached hydrogen (secondary N) is 1. The molecule has 0 radical (unpaired) electrons. The number of hydrogen-bond acceptors (Lipinski definition) is 3. The van der Waals surface area contributed by atoms with Gasteiger partial charge in [0.05, 0.1) is 6.54 Å². The van der Waals surface area contributed by atoms with Gasteiger partial charge in [-0.25, -0.2) is 4.99 Å². The fraction of sp³-hybridized carbons (Fsp3) is 0.619. The van der Waals surface area contributed by atoms with Crippen molar-refractivity contribution in [2.75, 3.05) is 45.8 Å². The van der Waals surface area contributed by atoms with Crippen molar-refractivity contribution in [2.24, 2.45) is 4.99 Å². The van der Waals surface area contributed by atoms with Gasteiger partial charge in [-0.15, -0.1) is 0 Å². The first-order chi connectivity index (χ1) is 13.1. The summed E-state index contributed by atoms with van der Waals surface area (Å²) in [5.74, 6) is 1.09. The lowest BCUT2D eigenvalue weighted by molar-refractivity contribution is -0.130. The van der Waals surface area contributed by atoms with Crippen LogP contribution in [0, 0.1) is 0 Å². The highest BCUT2D eigenvalue weighted by molar-refractivity contribution is 5.80. The van der Waals surface area contributed by atoms with Gasteiger partial charge < -0.3 is 15.1 Å². The van der Waals surface area contributed by atoms with Crippen LogP contribution in [-0.4, -0.2) is 72.4 Å². The minimum absolute atomic E-state index is 0.154. The molecule has 0 spiro atoms. The molecule has 0 saturated carbocycles. The minimum Gasteiger partial charge on any atom is -0.357 e. The van der Waals surface area contributed by atoms with Crippen LogP contribution < -0.4 is 5.32 Å². The summed E-state index contributed by atoms with van der Waals surface area (Å²) in [6.45, 7) is 16.0. The molecule has 2 rings (SSSR count). The van der Waals surface area contributed by atoms with Crippen molar-refractivity contribution in [3.8, 4) is 0 Å². The van der Waals surface area contributed by atoms with Gasteiger partial charge >= 0.3 is 0 Å². The van der Waals surface area contributed by atoms with Gasteiger partial charge in [-0.1, -0.05) is 38.1 Å². The quantitative estimate of drug-likeness (QED) is 0.588. The number of amides is 1. The third-order valence-corrected chi connectivity index (χ3v) is 5.09. The van der Waals surface area contributed by atoms with E-state index in [0.29, 0.717) is 6.54 Å². The summed E-state index contributed by atoms with van der Waals surface area (Å²) in [6, 6.07) is 8.78. The van der Waals surface area contributed by atoms with Gasteiger partial charge in [0.2, 0.25) is 5.91 Å². The first kappa shape index (κ1) is 21.2. The molecule has 0 bridgehead atoms. The van der Waals surface area contributed by atoms with Crippen molar-refractivity contribution >= 4 is 11.9 Å². The fourth-order valence-electron chi connectivity index (χ4n) is 3.28. The van der Waals surface area contributed by atoms with E-state index in [2.05, 4.69) is 60.2 Å². The Hall–Kier alpha value is -2.08. The van der Waals surface area contributed by atoms with E-state index in [1.165, 1.54) is 11.1 Å². The molecule has 6 heteroatoms. The molecule has 1 aliphatic heterocycles. The summed E-state index contributed by atoms with van der Waals surface area (Å²) >= 11 is 0. The van der Waals surface area contributed by atoms with Crippen LogP contribution in [0.2, 0.25) is 0 Å². The molecule has 1 saturated heterocycles. The zero-order valence-electron chi connectivity index (χ0n) is 17.4. The van der Waals surface area contributed by atoms with Crippen molar-refractivity contribution in [3.63, 3.8) is 0 Å². The number of hydrogen-bond donors (Lipinski definition) is 1. The van der Waals surface area contributed by atoms with Crippen LogP contribution in [0.25, 0.3) is 0 Å². The monoisotopic (exact) mass is 373 g/mol. The van der Waals surface area contributed by atoms with E-state index >= 15 is 0 Å². The van der Waals surface area contributed by atoms with Gasteiger partial charge in [0.15, 0.2) is 5.96 Å². The van der Waals surface area contributed by atoms with Gasteiger partial charge in [-0.3, -0.25) is 9.69 Å². The van der Waals surface area contributed by atoms with Gasteiger partial charge in [-0.05, 0) is 31.1 Å². The maximum Gasteiger partial charge on any atom is 0.219 e. The lowest BCUT2D eigenvalue weighted by Gasteiger charge is -2.36. The minimum atomic E-state index is 0.154. The molecule has 1 amide bonds. The summed E-state index contributed by atoms with van der Waals surface area (Å²) < 4.78 is 0. The number of carbonyl (C=O) groups is 1. The predicted molar refractivity (Wildman–Crippen MR) is 112 cm³/mol. The third-order valence-electron chi connectivity index (χ3n) is 5.09. The van der Waals surface area contributed by atoms with Crippen LogP contribution in [0.3, 0.4) is 0 Å². The molecule has 150 valence electrons. The largest absolute Gasteiger partial charge is 0.357 e. The number of piperazine rings is 1. The lowest BCUT2D eigenvalue weighted by Crippen LogP contribution is -2.53. The second-order valence-corrected chi connectivity index (χ2v) is 6.94. The Morgan fingerprint density at radius 1 is 1.00 bits per heavy atom. The molecule has 1 N–H and O–H groups in total. The predicted octanol–water partition coefficient (Wildman–Crippen LogP) is 2.16. The Morgan fingerprint density at radius 2 is 1.56 bits per heavy atom. The lowest BCUT2D eigenvalue weighted by atomic mass is 10.1. The van der Waals surface area contributed by atoms with Gasteiger partial charge in [0.1, 0.15) is 0 Å². The highest BCUT2D eigenvalue weighted by Crippen LogP contribution is 2.10. The highest BCUT2D eigenvalue weighted by atomic mass is 16.2. The van der Waals surface area contributed by atoms with E-state index in [1.807, 2.05) is 4.90 Å². The van der Waals surface area contributed by atoms with Crippen molar-refractivity contribution < 1.29 is 4.79 Å². The molecule has 27 heavy (non-hydrogen) atoms. The van der Waals surface area contributed by atoms with Gasteiger partial charge in [0, 0.05) is 46.2 Å². The van der Waals surface area contributed by atoms with E-state index in [0.717, 1.165) is 58.3 Å². The Morgan fingerprint density at radius 3 is 2.07 bits per heavy atom. The molecule has 1 fully saturated rings. The van der Waals surface area contributed by atoms with Crippen LogP contribution >= 0.6 is 0 Å². The molecule has 0 unspecified atom stereocenters. The topological polar surface area (TPSA) is 51.2 Å². The second kappa shape index (κ2) is 10.9. The smallest absolute Gasteiger partial charge is 0.219 e. The van der Waals surface area contributed by atoms with Crippen LogP contribution in [0.5, 0.6) is 0 Å². The molecule has 1 aromatic rings. The van der Waals surface area contributed by atoms with E-state index in [1.54, 1.807) is 6.92 Å². The van der Waals surface area contributed by atoms with Crippen LogP contribution in [0.4, 0.5) is 0 Å². The summed E-state index contributed by atoms with van der Waals surface area (Å²) in [4.78, 5) is 22.9. The Balaban J connectivity index is 1.95. The SMILES string of the molecule is CCNC(=NCc1ccc(CN(CC)CC)cc1)N1CCN(C(C)=O)CC1. The molecule has 1 aromatic carbocycles. The first-order valence-corrected chi connectivity index (χ1v) is 10.2. The molecule has 0 aliphatic carbocycles. The summed E-state index contributed by atoms with van der Waals surface area (Å²) in [6.07, 6.45) is 0. The molecular formula is C21H35N5O. The molecule has 1 aliphatic rings. The maximum absolute atomic E-state index is 11.5. The van der Waals surface area contributed by atoms with E-state index < -0.39 is 0 Å². The maximum atomic E-state index is 11.5. The number of nitrogens with zero attached hydrogens (tertiary/aromatic N) is 4. The van der Waals surface area contributed by atoms with Crippen molar-refractivity contribution in [1.29, 1.82) is 0 Å². The number of carbonyl (C=O) groups excluding carboxylic acids is 1. The van der Waals surface area contributed by atoms with E-state index in [4.69, 9.17) is 4.99 Å². The van der Waals surface area contributed by atoms with Crippen LogP contribution in [0.15, 0.2) is 29.3 Å². The van der Waals surface area contributed by atoms with Gasteiger partial charge in [0.25, 0.3) is 0 Å². The molecule has 0 aromatic heterocycles. The van der Waals surface area contributed by atoms with Crippen molar-refractivity contribution in [3.05, 3.63) is 35.4 Å². The standard InChI is InChI=1S/C21H35N5O/c1-5-22-21(26-14-12-25(13-15-26)18(4)27)23-16-19-8-10-20(11-9-19)17-24(6-2)7-3/h8-11H,5-7,12-17H2,1-4H3,(H,22,23). The third kappa shape index (κ3) is 6.54. The number of benzene rings is 1. The summed E-state index contributed by atoms with van der Waals surface area (Å²) in [5.41, 5.74) is 2.56. The average Bonchev–Trinajstić information content (AvgIpc) is 2.70. The molecule has 0 atom stereocenters. The Bertz CT molecular complexity index is 602. The zero-order valence-corrected chi connectivity index (χ0v) is 17.4. The van der Waals surface area contributed by atoms with E-state index in [-0.39, 0.29) is 5.91 Å². The molecule has 1 heterocycles. The molecular weight excluding hydrogens is 338 g/mol. The number of rotatable bonds is 7. The number of guanidine groups is 1. The Labute approximate surface area is 164 Å². The van der Waals surface area contributed by atoms with Gasteiger partial charge in [-0.2, -0.15) is 0 Å². The van der Waals surface area contributed by atoms with Crippen molar-refractivity contribution in [2.45, 2.75) is 40.8 Å². The summed E-state index contributed by atoms with van der Waals surface area (Å²) in [5, 5.41) is 3.39.